The number of allylic oxidation sites excluding steroid dienone is 1. The number of halogens is 1. The van der Waals surface area contributed by atoms with Crippen LogP contribution in [0.25, 0.3) is 6.08 Å². The van der Waals surface area contributed by atoms with E-state index in [2.05, 4.69) is 0 Å². The molecule has 0 aromatic heterocycles. The first-order valence-electron chi connectivity index (χ1n) is 5.72. The maximum atomic E-state index is 12.7. The van der Waals surface area contributed by atoms with Crippen molar-refractivity contribution in [3.8, 4) is 0 Å². The molecule has 0 atom stereocenters. The average Bonchev–Trinajstić information content (AvgIpc) is 2.46. The highest BCUT2D eigenvalue weighted by Gasteiger charge is 2.01. The lowest BCUT2D eigenvalue weighted by Gasteiger charge is -1.96. The van der Waals surface area contributed by atoms with Gasteiger partial charge in [0.05, 0.1) is 0 Å². The second kappa shape index (κ2) is 5.87. The van der Waals surface area contributed by atoms with Crippen molar-refractivity contribution in [1.29, 1.82) is 0 Å². The van der Waals surface area contributed by atoms with Gasteiger partial charge in [-0.15, -0.1) is 0 Å². The van der Waals surface area contributed by atoms with Crippen molar-refractivity contribution in [3.05, 3.63) is 77.1 Å². The van der Waals surface area contributed by atoms with Crippen molar-refractivity contribution in [2.75, 3.05) is 0 Å². The molecule has 0 fully saturated rings. The summed E-state index contributed by atoms with van der Waals surface area (Å²) in [5.41, 5.74) is 1.84. The van der Waals surface area contributed by atoms with Gasteiger partial charge >= 0.3 is 0 Å². The molecule has 94 valence electrons. The molecule has 0 radical (unpaired) electrons. The van der Waals surface area contributed by atoms with Gasteiger partial charge in [-0.3, -0.25) is 9.59 Å². The number of rotatable bonds is 4. The van der Waals surface area contributed by atoms with Crippen molar-refractivity contribution in [1.82, 2.24) is 0 Å². The highest BCUT2D eigenvalue weighted by atomic mass is 19.1. The zero-order valence-electron chi connectivity index (χ0n) is 10.0. The van der Waals surface area contributed by atoms with E-state index >= 15 is 0 Å². The van der Waals surface area contributed by atoms with Crippen molar-refractivity contribution >= 4 is 18.1 Å². The summed E-state index contributed by atoms with van der Waals surface area (Å²) in [4.78, 5) is 22.3. The van der Waals surface area contributed by atoms with Crippen molar-refractivity contribution in [3.63, 3.8) is 0 Å². The summed E-state index contributed by atoms with van der Waals surface area (Å²) >= 11 is 0. The van der Waals surface area contributed by atoms with Gasteiger partial charge in [0.2, 0.25) is 0 Å². The molecule has 0 aliphatic heterocycles. The minimum atomic E-state index is -0.370. The van der Waals surface area contributed by atoms with E-state index in [-0.39, 0.29) is 11.6 Å². The van der Waals surface area contributed by atoms with Gasteiger partial charge in [0.15, 0.2) is 5.78 Å². The average molecular weight is 254 g/mol. The summed E-state index contributed by atoms with van der Waals surface area (Å²) in [6.07, 6.45) is 3.83. The normalized spacial score (nSPS) is 10.6. The molecule has 0 unspecified atom stereocenters. The van der Waals surface area contributed by atoms with Crippen LogP contribution in [-0.4, -0.2) is 12.1 Å². The number of carbonyl (C=O) groups is 2. The van der Waals surface area contributed by atoms with E-state index in [0.717, 1.165) is 11.8 Å². The molecule has 0 bridgehead atoms. The van der Waals surface area contributed by atoms with Gasteiger partial charge in [-0.25, -0.2) is 4.39 Å². The van der Waals surface area contributed by atoms with Gasteiger partial charge in [-0.05, 0) is 35.9 Å². The molecule has 0 heterocycles. The zero-order valence-corrected chi connectivity index (χ0v) is 10.0. The first-order chi connectivity index (χ1) is 9.19. The summed E-state index contributed by atoms with van der Waals surface area (Å²) in [7, 11) is 0. The topological polar surface area (TPSA) is 34.1 Å². The van der Waals surface area contributed by atoms with Crippen LogP contribution in [-0.2, 0) is 0 Å². The monoisotopic (exact) mass is 254 g/mol. The highest BCUT2D eigenvalue weighted by Crippen LogP contribution is 2.08. The molecule has 0 amide bonds. The van der Waals surface area contributed by atoms with Crippen molar-refractivity contribution in [2.24, 2.45) is 0 Å². The lowest BCUT2D eigenvalue weighted by Crippen LogP contribution is -1.93. The SMILES string of the molecule is O=Cc1ccc(/C=C/C(=O)c2ccc(F)cc2)cc1. The maximum absolute atomic E-state index is 12.7. The van der Waals surface area contributed by atoms with E-state index in [9.17, 15) is 14.0 Å². The predicted octanol–water partition coefficient (Wildman–Crippen LogP) is 3.53. The molecule has 2 rings (SSSR count). The van der Waals surface area contributed by atoms with Crippen LogP contribution in [0, 0.1) is 5.82 Å². The summed E-state index contributed by atoms with van der Waals surface area (Å²) < 4.78 is 12.7. The quantitative estimate of drug-likeness (QED) is 0.475. The Balaban J connectivity index is 2.10. The van der Waals surface area contributed by atoms with Crippen LogP contribution < -0.4 is 0 Å². The van der Waals surface area contributed by atoms with E-state index in [1.165, 1.54) is 30.3 Å². The Labute approximate surface area is 110 Å². The second-order valence-electron chi connectivity index (χ2n) is 3.99. The Kier molecular flexibility index (Phi) is 3.98. The fourth-order valence-corrected chi connectivity index (χ4v) is 1.57. The van der Waals surface area contributed by atoms with Gasteiger partial charge in [0.1, 0.15) is 12.1 Å². The van der Waals surface area contributed by atoms with Gasteiger partial charge < -0.3 is 0 Å². The summed E-state index contributed by atoms with van der Waals surface area (Å²) in [6, 6.07) is 12.2. The molecule has 19 heavy (non-hydrogen) atoms. The lowest BCUT2D eigenvalue weighted by atomic mass is 10.1. The smallest absolute Gasteiger partial charge is 0.185 e. The minimum Gasteiger partial charge on any atom is -0.298 e. The predicted molar refractivity (Wildman–Crippen MR) is 71.6 cm³/mol. The van der Waals surface area contributed by atoms with Crippen LogP contribution in [0.4, 0.5) is 4.39 Å². The van der Waals surface area contributed by atoms with E-state index in [1.807, 2.05) is 0 Å². The Bertz CT molecular complexity index is 610. The largest absolute Gasteiger partial charge is 0.298 e. The first kappa shape index (κ1) is 12.9. The van der Waals surface area contributed by atoms with Crippen LogP contribution in [0.1, 0.15) is 26.3 Å². The molecule has 0 saturated heterocycles. The molecular formula is C16H11FO2. The number of hydrogen-bond acceptors (Lipinski definition) is 2. The Hall–Kier alpha value is -2.55. The van der Waals surface area contributed by atoms with Crippen molar-refractivity contribution < 1.29 is 14.0 Å². The van der Waals surface area contributed by atoms with Crippen LogP contribution in [0.3, 0.4) is 0 Å². The van der Waals surface area contributed by atoms with Gasteiger partial charge in [-0.2, -0.15) is 0 Å². The zero-order chi connectivity index (χ0) is 13.7. The Morgan fingerprint density at radius 3 is 2.05 bits per heavy atom. The fraction of sp³-hybridized carbons (Fsp3) is 0. The van der Waals surface area contributed by atoms with Crippen LogP contribution in [0.5, 0.6) is 0 Å². The number of benzene rings is 2. The number of carbonyl (C=O) groups excluding carboxylic acids is 2. The van der Waals surface area contributed by atoms with Crippen LogP contribution in [0.2, 0.25) is 0 Å². The van der Waals surface area contributed by atoms with E-state index in [4.69, 9.17) is 0 Å². The Morgan fingerprint density at radius 2 is 1.47 bits per heavy atom. The summed E-state index contributed by atoms with van der Waals surface area (Å²) in [5.74, 6) is -0.565. The molecule has 3 heteroatoms. The molecule has 2 nitrogen and oxygen atoms in total. The molecule has 0 aliphatic rings. The van der Waals surface area contributed by atoms with Crippen LogP contribution >= 0.6 is 0 Å². The molecule has 0 spiro atoms. The first-order valence-corrected chi connectivity index (χ1v) is 5.72. The molecular weight excluding hydrogens is 243 g/mol. The highest BCUT2D eigenvalue weighted by molar-refractivity contribution is 6.06. The summed E-state index contributed by atoms with van der Waals surface area (Å²) in [6.45, 7) is 0. The standard InChI is InChI=1S/C16H11FO2/c17-15-8-6-14(7-9-15)16(19)10-5-12-1-3-13(11-18)4-2-12/h1-11H/b10-5+. The Morgan fingerprint density at radius 1 is 0.895 bits per heavy atom. The lowest BCUT2D eigenvalue weighted by molar-refractivity contribution is 0.104. The molecule has 2 aromatic rings. The van der Waals surface area contributed by atoms with E-state index in [1.54, 1.807) is 30.3 Å². The molecule has 2 aromatic carbocycles. The number of ketones is 1. The molecule has 0 aliphatic carbocycles. The molecule has 0 N–H and O–H groups in total. The number of aldehydes is 1. The maximum Gasteiger partial charge on any atom is 0.185 e. The fourth-order valence-electron chi connectivity index (χ4n) is 1.57. The minimum absolute atomic E-state index is 0.195. The van der Waals surface area contributed by atoms with Gasteiger partial charge in [0, 0.05) is 11.1 Å². The van der Waals surface area contributed by atoms with E-state index < -0.39 is 0 Å². The second-order valence-corrected chi connectivity index (χ2v) is 3.99. The molecule has 0 saturated carbocycles. The van der Waals surface area contributed by atoms with Crippen LogP contribution in [0.15, 0.2) is 54.6 Å². The summed E-state index contributed by atoms with van der Waals surface area (Å²) in [5, 5.41) is 0. The number of hydrogen-bond donors (Lipinski definition) is 0. The van der Waals surface area contributed by atoms with Gasteiger partial charge in [-0.1, -0.05) is 30.3 Å². The third-order valence-corrected chi connectivity index (χ3v) is 2.63. The van der Waals surface area contributed by atoms with E-state index in [0.29, 0.717) is 11.1 Å². The third kappa shape index (κ3) is 3.45. The van der Waals surface area contributed by atoms with Gasteiger partial charge in [0.25, 0.3) is 0 Å². The van der Waals surface area contributed by atoms with Crippen molar-refractivity contribution in [2.45, 2.75) is 0 Å². The third-order valence-electron chi connectivity index (χ3n) is 2.63.